The van der Waals surface area contributed by atoms with Crippen molar-refractivity contribution in [2.75, 3.05) is 11.9 Å². The standard InChI is InChI=1S/C16H16N2OS/c19-16(17-14-7-3-4-8-15(14)20)18-10-9-12-5-1-2-6-13(12)11-18/h1-8,20H,9-11H2,(H,17,19). The molecule has 2 aromatic rings. The Balaban J connectivity index is 1.72. The van der Waals surface area contributed by atoms with Gasteiger partial charge in [-0.1, -0.05) is 36.4 Å². The summed E-state index contributed by atoms with van der Waals surface area (Å²) in [6.07, 6.45) is 0.909. The lowest BCUT2D eigenvalue weighted by Gasteiger charge is -2.29. The van der Waals surface area contributed by atoms with Crippen LogP contribution in [-0.4, -0.2) is 17.5 Å². The van der Waals surface area contributed by atoms with Crippen LogP contribution in [0.5, 0.6) is 0 Å². The lowest BCUT2D eigenvalue weighted by atomic mass is 10.0. The predicted molar refractivity (Wildman–Crippen MR) is 83.3 cm³/mol. The first kappa shape index (κ1) is 13.1. The number of nitrogens with one attached hydrogen (secondary N) is 1. The third kappa shape index (κ3) is 2.65. The van der Waals surface area contributed by atoms with Crippen molar-refractivity contribution in [1.29, 1.82) is 0 Å². The minimum atomic E-state index is -0.0685. The van der Waals surface area contributed by atoms with E-state index in [-0.39, 0.29) is 6.03 Å². The number of amides is 2. The summed E-state index contributed by atoms with van der Waals surface area (Å²) < 4.78 is 0. The molecule has 0 aromatic heterocycles. The molecule has 1 aliphatic heterocycles. The van der Waals surface area contributed by atoms with Crippen LogP contribution in [0, 0.1) is 0 Å². The lowest BCUT2D eigenvalue weighted by molar-refractivity contribution is 0.206. The van der Waals surface area contributed by atoms with E-state index < -0.39 is 0 Å². The van der Waals surface area contributed by atoms with Gasteiger partial charge in [0.2, 0.25) is 0 Å². The van der Waals surface area contributed by atoms with Crippen molar-refractivity contribution in [3.63, 3.8) is 0 Å². The van der Waals surface area contributed by atoms with Crippen LogP contribution in [0.25, 0.3) is 0 Å². The second-order valence-corrected chi connectivity index (χ2v) is 5.37. The maximum atomic E-state index is 12.3. The Kier molecular flexibility index (Phi) is 3.65. The minimum Gasteiger partial charge on any atom is -0.320 e. The summed E-state index contributed by atoms with van der Waals surface area (Å²) in [6.45, 7) is 1.41. The molecule has 1 heterocycles. The lowest BCUT2D eigenvalue weighted by Crippen LogP contribution is -2.38. The zero-order valence-electron chi connectivity index (χ0n) is 11.0. The molecule has 0 fully saturated rings. The molecule has 1 N–H and O–H groups in total. The molecule has 0 saturated carbocycles. The minimum absolute atomic E-state index is 0.0685. The number of carbonyl (C=O) groups is 1. The Hall–Kier alpha value is -1.94. The quantitative estimate of drug-likeness (QED) is 0.771. The molecule has 2 amide bonds. The summed E-state index contributed by atoms with van der Waals surface area (Å²) >= 11 is 4.35. The summed E-state index contributed by atoms with van der Waals surface area (Å²) in [5.74, 6) is 0. The number of urea groups is 1. The van der Waals surface area contributed by atoms with Crippen molar-refractivity contribution in [3.05, 3.63) is 59.7 Å². The Morgan fingerprint density at radius 1 is 1.05 bits per heavy atom. The molecule has 0 unspecified atom stereocenters. The molecule has 20 heavy (non-hydrogen) atoms. The van der Waals surface area contributed by atoms with Gasteiger partial charge in [-0.05, 0) is 29.7 Å². The van der Waals surface area contributed by atoms with Gasteiger partial charge in [-0.25, -0.2) is 4.79 Å². The maximum Gasteiger partial charge on any atom is 0.322 e. The number of hydrogen-bond acceptors (Lipinski definition) is 2. The van der Waals surface area contributed by atoms with Crippen LogP contribution in [0.1, 0.15) is 11.1 Å². The Morgan fingerprint density at radius 2 is 1.75 bits per heavy atom. The van der Waals surface area contributed by atoms with Crippen LogP contribution >= 0.6 is 12.6 Å². The van der Waals surface area contributed by atoms with Crippen molar-refractivity contribution >= 4 is 24.3 Å². The van der Waals surface area contributed by atoms with Crippen molar-refractivity contribution in [1.82, 2.24) is 4.90 Å². The number of carbonyl (C=O) groups excluding carboxylic acids is 1. The number of nitrogens with zero attached hydrogens (tertiary/aromatic N) is 1. The van der Waals surface area contributed by atoms with Gasteiger partial charge in [0.15, 0.2) is 0 Å². The highest BCUT2D eigenvalue weighted by Crippen LogP contribution is 2.22. The van der Waals surface area contributed by atoms with Crippen molar-refractivity contribution in [2.24, 2.45) is 0 Å². The molecule has 0 bridgehead atoms. The number of hydrogen-bond donors (Lipinski definition) is 2. The van der Waals surface area contributed by atoms with E-state index in [4.69, 9.17) is 0 Å². The van der Waals surface area contributed by atoms with Gasteiger partial charge < -0.3 is 10.2 Å². The van der Waals surface area contributed by atoms with Crippen LogP contribution in [0.3, 0.4) is 0 Å². The van der Waals surface area contributed by atoms with Gasteiger partial charge in [0.05, 0.1) is 5.69 Å². The van der Waals surface area contributed by atoms with E-state index in [1.54, 1.807) is 0 Å². The number of benzene rings is 2. The van der Waals surface area contributed by atoms with Crippen molar-refractivity contribution < 1.29 is 4.79 Å². The highest BCUT2D eigenvalue weighted by atomic mass is 32.1. The average molecular weight is 284 g/mol. The number of anilines is 1. The predicted octanol–water partition coefficient (Wildman–Crippen LogP) is 3.57. The normalized spacial score (nSPS) is 13.8. The Morgan fingerprint density at radius 3 is 2.55 bits per heavy atom. The van der Waals surface area contributed by atoms with Gasteiger partial charge in [-0.3, -0.25) is 0 Å². The summed E-state index contributed by atoms with van der Waals surface area (Å²) in [4.78, 5) is 14.9. The van der Waals surface area contributed by atoms with Crippen LogP contribution in [-0.2, 0) is 13.0 Å². The van der Waals surface area contributed by atoms with E-state index in [2.05, 4.69) is 30.1 Å². The van der Waals surface area contributed by atoms with Crippen LogP contribution in [0.2, 0.25) is 0 Å². The van der Waals surface area contributed by atoms with E-state index in [9.17, 15) is 4.79 Å². The van der Waals surface area contributed by atoms with E-state index >= 15 is 0 Å². The largest absolute Gasteiger partial charge is 0.322 e. The molecule has 3 rings (SSSR count). The van der Waals surface area contributed by atoms with Gasteiger partial charge in [-0.2, -0.15) is 0 Å². The Bertz CT molecular complexity index is 642. The van der Waals surface area contributed by atoms with Crippen LogP contribution in [0.4, 0.5) is 10.5 Å². The summed E-state index contributed by atoms with van der Waals surface area (Å²) in [6, 6.07) is 15.7. The molecule has 1 aliphatic rings. The number of fused-ring (bicyclic) bond motifs is 1. The molecule has 0 radical (unpaired) electrons. The topological polar surface area (TPSA) is 32.3 Å². The van der Waals surface area contributed by atoms with Crippen LogP contribution < -0.4 is 5.32 Å². The molecule has 102 valence electrons. The van der Waals surface area contributed by atoms with E-state index in [1.165, 1.54) is 11.1 Å². The molecule has 4 heteroatoms. The smallest absolute Gasteiger partial charge is 0.320 e. The van der Waals surface area contributed by atoms with Crippen molar-refractivity contribution in [3.8, 4) is 0 Å². The molecule has 0 atom stereocenters. The highest BCUT2D eigenvalue weighted by molar-refractivity contribution is 7.80. The summed E-state index contributed by atoms with van der Waals surface area (Å²) in [7, 11) is 0. The third-order valence-electron chi connectivity index (χ3n) is 3.56. The molecular weight excluding hydrogens is 268 g/mol. The first-order valence-electron chi connectivity index (χ1n) is 6.65. The van der Waals surface area contributed by atoms with Gasteiger partial charge in [-0.15, -0.1) is 12.6 Å². The van der Waals surface area contributed by atoms with Gasteiger partial charge >= 0.3 is 6.03 Å². The summed E-state index contributed by atoms with van der Waals surface area (Å²) in [5.41, 5.74) is 3.32. The van der Waals surface area contributed by atoms with Crippen molar-refractivity contribution in [2.45, 2.75) is 17.9 Å². The molecule has 2 aromatic carbocycles. The SMILES string of the molecule is O=C(Nc1ccccc1S)N1CCc2ccccc2C1. The van der Waals surface area contributed by atoms with Gasteiger partial charge in [0.25, 0.3) is 0 Å². The van der Waals surface area contributed by atoms with E-state index in [0.29, 0.717) is 6.54 Å². The first-order chi connectivity index (χ1) is 9.74. The number of rotatable bonds is 1. The zero-order chi connectivity index (χ0) is 13.9. The monoisotopic (exact) mass is 284 g/mol. The second-order valence-electron chi connectivity index (χ2n) is 4.89. The fourth-order valence-electron chi connectivity index (χ4n) is 2.44. The summed E-state index contributed by atoms with van der Waals surface area (Å²) in [5, 5.41) is 2.92. The van der Waals surface area contributed by atoms with Gasteiger partial charge in [0, 0.05) is 18.0 Å². The fourth-order valence-corrected chi connectivity index (χ4v) is 2.66. The molecule has 3 nitrogen and oxygen atoms in total. The van der Waals surface area contributed by atoms with E-state index in [0.717, 1.165) is 23.5 Å². The number of thiol groups is 1. The fraction of sp³-hybridized carbons (Fsp3) is 0.188. The Labute approximate surface area is 124 Å². The average Bonchev–Trinajstić information content (AvgIpc) is 2.49. The molecular formula is C16H16N2OS. The third-order valence-corrected chi connectivity index (χ3v) is 3.95. The highest BCUT2D eigenvalue weighted by Gasteiger charge is 2.20. The van der Waals surface area contributed by atoms with Gasteiger partial charge in [0.1, 0.15) is 0 Å². The van der Waals surface area contributed by atoms with Crippen LogP contribution in [0.15, 0.2) is 53.4 Å². The molecule has 0 saturated heterocycles. The second kappa shape index (κ2) is 5.59. The molecule has 0 spiro atoms. The zero-order valence-corrected chi connectivity index (χ0v) is 11.9. The maximum absolute atomic E-state index is 12.3. The first-order valence-corrected chi connectivity index (χ1v) is 7.09. The van der Waals surface area contributed by atoms with E-state index in [1.807, 2.05) is 41.3 Å². The molecule has 0 aliphatic carbocycles. The number of para-hydroxylation sites is 1.